The van der Waals surface area contributed by atoms with Gasteiger partial charge in [0.15, 0.2) is 0 Å². The minimum atomic E-state index is -0.331. The molecule has 5 nitrogen and oxygen atoms in total. The lowest BCUT2D eigenvalue weighted by atomic mass is 10.2. The van der Waals surface area contributed by atoms with E-state index in [0.29, 0.717) is 19.4 Å². The minimum Gasteiger partial charge on any atom is -0.370 e. The molecule has 1 atom stereocenters. The quantitative estimate of drug-likeness (QED) is 0.461. The van der Waals surface area contributed by atoms with Gasteiger partial charge in [0, 0.05) is 6.42 Å². The zero-order valence-corrected chi connectivity index (χ0v) is 8.58. The van der Waals surface area contributed by atoms with E-state index in [0.717, 1.165) is 12.8 Å². The topological polar surface area (TPSA) is 98.2 Å². The largest absolute Gasteiger partial charge is 0.370 e. The molecule has 0 aliphatic rings. The van der Waals surface area contributed by atoms with Crippen LogP contribution < -0.4 is 16.8 Å². The first-order chi connectivity index (χ1) is 6.57. The summed E-state index contributed by atoms with van der Waals surface area (Å²) in [7, 11) is 0. The highest BCUT2D eigenvalue weighted by molar-refractivity contribution is 5.79. The van der Waals surface area contributed by atoms with Crippen molar-refractivity contribution in [2.75, 3.05) is 6.54 Å². The van der Waals surface area contributed by atoms with Crippen LogP contribution in [-0.2, 0) is 9.59 Å². The molecule has 0 aromatic carbocycles. The van der Waals surface area contributed by atoms with Crippen LogP contribution in [0.1, 0.15) is 32.6 Å². The fourth-order valence-corrected chi connectivity index (χ4v) is 1.15. The SMILES string of the molecule is CCC(NCCCCC(N)=O)C(N)=O. The summed E-state index contributed by atoms with van der Waals surface area (Å²) in [4.78, 5) is 21.2. The highest BCUT2D eigenvalue weighted by Gasteiger charge is 2.10. The highest BCUT2D eigenvalue weighted by atomic mass is 16.1. The molecule has 0 aromatic rings. The van der Waals surface area contributed by atoms with Crippen molar-refractivity contribution in [2.45, 2.75) is 38.6 Å². The number of hydrogen-bond acceptors (Lipinski definition) is 3. The van der Waals surface area contributed by atoms with Crippen LogP contribution >= 0.6 is 0 Å². The molecule has 5 heteroatoms. The summed E-state index contributed by atoms with van der Waals surface area (Å²) in [6.07, 6.45) is 2.66. The van der Waals surface area contributed by atoms with Crippen LogP contribution in [0, 0.1) is 0 Å². The normalized spacial score (nSPS) is 12.4. The molecule has 82 valence electrons. The third-order valence-electron chi connectivity index (χ3n) is 1.99. The molecule has 0 fully saturated rings. The van der Waals surface area contributed by atoms with Crippen LogP contribution in [0.2, 0.25) is 0 Å². The molecule has 5 N–H and O–H groups in total. The average molecular weight is 201 g/mol. The van der Waals surface area contributed by atoms with Crippen LogP contribution in [0.5, 0.6) is 0 Å². The molecule has 0 aliphatic heterocycles. The lowest BCUT2D eigenvalue weighted by Crippen LogP contribution is -2.41. The molecule has 0 saturated carbocycles. The van der Waals surface area contributed by atoms with Gasteiger partial charge in [-0.1, -0.05) is 6.92 Å². The Morgan fingerprint density at radius 1 is 1.29 bits per heavy atom. The van der Waals surface area contributed by atoms with E-state index in [1.807, 2.05) is 6.92 Å². The van der Waals surface area contributed by atoms with Crippen molar-refractivity contribution in [1.82, 2.24) is 5.32 Å². The van der Waals surface area contributed by atoms with Crippen LogP contribution in [0.25, 0.3) is 0 Å². The van der Waals surface area contributed by atoms with Gasteiger partial charge in [0.1, 0.15) is 0 Å². The molecule has 14 heavy (non-hydrogen) atoms. The van der Waals surface area contributed by atoms with Crippen LogP contribution in [-0.4, -0.2) is 24.4 Å². The standard InChI is InChI=1S/C9H19N3O2/c1-2-7(9(11)14)12-6-4-3-5-8(10)13/h7,12H,2-6H2,1H3,(H2,10,13)(H2,11,14). The van der Waals surface area contributed by atoms with Crippen LogP contribution in [0.15, 0.2) is 0 Å². The van der Waals surface area contributed by atoms with E-state index in [-0.39, 0.29) is 17.9 Å². The maximum Gasteiger partial charge on any atom is 0.234 e. The second-order valence-corrected chi connectivity index (χ2v) is 3.24. The van der Waals surface area contributed by atoms with Gasteiger partial charge in [0.05, 0.1) is 6.04 Å². The predicted octanol–water partition coefficient (Wildman–Crippen LogP) is -0.504. The summed E-state index contributed by atoms with van der Waals surface area (Å²) in [6.45, 7) is 2.58. The zero-order chi connectivity index (χ0) is 11.0. The van der Waals surface area contributed by atoms with E-state index in [4.69, 9.17) is 11.5 Å². The van der Waals surface area contributed by atoms with Gasteiger partial charge in [0.2, 0.25) is 11.8 Å². The third kappa shape index (κ3) is 6.42. The Bertz CT molecular complexity index is 194. The molecule has 0 aromatic heterocycles. The van der Waals surface area contributed by atoms with Crippen molar-refractivity contribution in [2.24, 2.45) is 11.5 Å². The molecule has 0 radical (unpaired) electrons. The molecule has 0 bridgehead atoms. The highest BCUT2D eigenvalue weighted by Crippen LogP contribution is 1.95. The van der Waals surface area contributed by atoms with Crippen LogP contribution in [0.4, 0.5) is 0 Å². The summed E-state index contributed by atoms with van der Waals surface area (Å²) in [6, 6.07) is -0.261. The lowest BCUT2D eigenvalue weighted by molar-refractivity contribution is -0.120. The summed E-state index contributed by atoms with van der Waals surface area (Å²) < 4.78 is 0. The summed E-state index contributed by atoms with van der Waals surface area (Å²) >= 11 is 0. The molecule has 0 heterocycles. The van der Waals surface area contributed by atoms with E-state index in [2.05, 4.69) is 5.32 Å². The van der Waals surface area contributed by atoms with Gasteiger partial charge < -0.3 is 16.8 Å². The first-order valence-electron chi connectivity index (χ1n) is 4.89. The van der Waals surface area contributed by atoms with E-state index < -0.39 is 0 Å². The van der Waals surface area contributed by atoms with E-state index >= 15 is 0 Å². The molecule has 2 amide bonds. The number of hydrogen-bond donors (Lipinski definition) is 3. The first kappa shape index (κ1) is 12.9. The van der Waals surface area contributed by atoms with Crippen molar-refractivity contribution in [3.8, 4) is 0 Å². The minimum absolute atomic E-state index is 0.261. The number of nitrogens with one attached hydrogen (secondary N) is 1. The van der Waals surface area contributed by atoms with Crippen LogP contribution in [0.3, 0.4) is 0 Å². The van der Waals surface area contributed by atoms with Crippen molar-refractivity contribution in [3.63, 3.8) is 0 Å². The Labute approximate surface area is 84.2 Å². The smallest absolute Gasteiger partial charge is 0.234 e. The van der Waals surface area contributed by atoms with Crippen molar-refractivity contribution >= 4 is 11.8 Å². The number of carbonyl (C=O) groups is 2. The molecular weight excluding hydrogens is 182 g/mol. The first-order valence-corrected chi connectivity index (χ1v) is 4.89. The van der Waals surface area contributed by atoms with Crippen molar-refractivity contribution in [3.05, 3.63) is 0 Å². The van der Waals surface area contributed by atoms with Gasteiger partial charge in [0.25, 0.3) is 0 Å². The second-order valence-electron chi connectivity index (χ2n) is 3.24. The summed E-state index contributed by atoms with van der Waals surface area (Å²) in [5, 5.41) is 3.02. The van der Waals surface area contributed by atoms with Crippen molar-refractivity contribution in [1.29, 1.82) is 0 Å². The molecule has 0 saturated heterocycles. The fourth-order valence-electron chi connectivity index (χ4n) is 1.15. The number of nitrogens with two attached hydrogens (primary N) is 2. The van der Waals surface area contributed by atoms with E-state index in [1.165, 1.54) is 0 Å². The summed E-state index contributed by atoms with van der Waals surface area (Å²) in [5.41, 5.74) is 10.1. The van der Waals surface area contributed by atoms with Gasteiger partial charge >= 0.3 is 0 Å². The van der Waals surface area contributed by atoms with Gasteiger partial charge in [-0.05, 0) is 25.8 Å². The Morgan fingerprint density at radius 2 is 1.93 bits per heavy atom. The number of rotatable bonds is 8. The van der Waals surface area contributed by atoms with Gasteiger partial charge in [-0.2, -0.15) is 0 Å². The molecular formula is C9H19N3O2. The zero-order valence-electron chi connectivity index (χ0n) is 8.58. The maximum atomic E-state index is 10.8. The molecule has 0 rings (SSSR count). The number of amides is 2. The third-order valence-corrected chi connectivity index (χ3v) is 1.99. The molecule has 0 aliphatic carbocycles. The average Bonchev–Trinajstić information content (AvgIpc) is 2.10. The number of carbonyl (C=O) groups excluding carboxylic acids is 2. The number of primary amides is 2. The fraction of sp³-hybridized carbons (Fsp3) is 0.778. The summed E-state index contributed by atoms with van der Waals surface area (Å²) in [5.74, 6) is -0.616. The monoisotopic (exact) mass is 201 g/mol. The van der Waals surface area contributed by atoms with Crippen molar-refractivity contribution < 1.29 is 9.59 Å². The van der Waals surface area contributed by atoms with Gasteiger partial charge in [-0.3, -0.25) is 9.59 Å². The lowest BCUT2D eigenvalue weighted by Gasteiger charge is -2.12. The van der Waals surface area contributed by atoms with Gasteiger partial charge in [-0.25, -0.2) is 0 Å². The van der Waals surface area contributed by atoms with E-state index in [1.54, 1.807) is 0 Å². The predicted molar refractivity (Wildman–Crippen MR) is 54.3 cm³/mol. The Hall–Kier alpha value is -1.10. The Morgan fingerprint density at radius 3 is 2.36 bits per heavy atom. The second kappa shape index (κ2) is 7.32. The Balaban J connectivity index is 3.42. The maximum absolute atomic E-state index is 10.8. The van der Waals surface area contributed by atoms with Gasteiger partial charge in [-0.15, -0.1) is 0 Å². The number of unbranched alkanes of at least 4 members (excludes halogenated alkanes) is 1. The molecule has 1 unspecified atom stereocenters. The molecule has 0 spiro atoms. The Kier molecular flexibility index (Phi) is 6.74. The van der Waals surface area contributed by atoms with E-state index in [9.17, 15) is 9.59 Å².